The summed E-state index contributed by atoms with van der Waals surface area (Å²) in [7, 11) is 0. The largest absolute Gasteiger partial charge is 0.483 e. The summed E-state index contributed by atoms with van der Waals surface area (Å²) in [5.74, 6) is 0.0857. The third kappa shape index (κ3) is 4.58. The van der Waals surface area contributed by atoms with E-state index in [9.17, 15) is 9.59 Å². The average Bonchev–Trinajstić information content (AvgIpc) is 2.76. The smallest absolute Gasteiger partial charge is 0.336 e. The standard InChI is InChI=1S/C24H17Cl2NO4/c1-14-21(30-13-22(28)27-16-7-9-19(25)20(26)11-16)10-8-17-18(12-23(29)31-24(14)17)15-5-3-2-4-6-15/h2-12H,13H2,1H3,(H,27,28). The van der Waals surface area contributed by atoms with Crippen LogP contribution in [0.2, 0.25) is 10.0 Å². The van der Waals surface area contributed by atoms with Crippen molar-refractivity contribution in [2.24, 2.45) is 0 Å². The Kier molecular flexibility index (Phi) is 5.98. The van der Waals surface area contributed by atoms with E-state index in [-0.39, 0.29) is 12.5 Å². The summed E-state index contributed by atoms with van der Waals surface area (Å²) >= 11 is 11.9. The highest BCUT2D eigenvalue weighted by molar-refractivity contribution is 6.42. The summed E-state index contributed by atoms with van der Waals surface area (Å²) in [6, 6.07) is 19.5. The van der Waals surface area contributed by atoms with E-state index in [1.54, 1.807) is 31.2 Å². The van der Waals surface area contributed by atoms with Gasteiger partial charge in [0.15, 0.2) is 6.61 Å². The van der Waals surface area contributed by atoms with Gasteiger partial charge in [-0.2, -0.15) is 0 Å². The van der Waals surface area contributed by atoms with Crippen molar-refractivity contribution in [3.63, 3.8) is 0 Å². The number of carbonyl (C=O) groups excluding carboxylic acids is 1. The molecule has 4 aromatic rings. The number of aryl methyl sites for hydroxylation is 1. The van der Waals surface area contributed by atoms with Crippen molar-refractivity contribution in [1.82, 2.24) is 0 Å². The number of halogens is 2. The fourth-order valence-corrected chi connectivity index (χ4v) is 3.57. The molecule has 0 saturated heterocycles. The number of amides is 1. The molecule has 0 fully saturated rings. The Morgan fingerprint density at radius 3 is 2.52 bits per heavy atom. The maximum Gasteiger partial charge on any atom is 0.336 e. The minimum atomic E-state index is -0.455. The van der Waals surface area contributed by atoms with Crippen LogP contribution in [-0.4, -0.2) is 12.5 Å². The molecule has 0 saturated carbocycles. The highest BCUT2D eigenvalue weighted by atomic mass is 35.5. The first-order chi connectivity index (χ1) is 14.9. The molecule has 0 radical (unpaired) electrons. The van der Waals surface area contributed by atoms with Gasteiger partial charge in [0.05, 0.1) is 10.0 Å². The Bertz CT molecular complexity index is 1330. The van der Waals surface area contributed by atoms with Crippen molar-refractivity contribution in [1.29, 1.82) is 0 Å². The lowest BCUT2D eigenvalue weighted by Crippen LogP contribution is -2.20. The number of anilines is 1. The number of rotatable bonds is 5. The van der Waals surface area contributed by atoms with Gasteiger partial charge in [-0.1, -0.05) is 53.5 Å². The zero-order valence-electron chi connectivity index (χ0n) is 16.4. The minimum Gasteiger partial charge on any atom is -0.483 e. The van der Waals surface area contributed by atoms with Gasteiger partial charge >= 0.3 is 5.63 Å². The second-order valence-electron chi connectivity index (χ2n) is 6.88. The van der Waals surface area contributed by atoms with Crippen molar-refractivity contribution in [2.45, 2.75) is 6.92 Å². The predicted octanol–water partition coefficient (Wildman–Crippen LogP) is 6.09. The van der Waals surface area contributed by atoms with E-state index < -0.39 is 5.63 Å². The van der Waals surface area contributed by atoms with Crippen LogP contribution < -0.4 is 15.7 Å². The number of benzene rings is 3. The molecule has 0 spiro atoms. The van der Waals surface area contributed by atoms with Crippen molar-refractivity contribution < 1.29 is 13.9 Å². The van der Waals surface area contributed by atoms with Gasteiger partial charge in [-0.05, 0) is 48.4 Å². The monoisotopic (exact) mass is 453 g/mol. The normalized spacial score (nSPS) is 10.8. The summed E-state index contributed by atoms with van der Waals surface area (Å²) in [6.45, 7) is 1.56. The fraction of sp³-hybridized carbons (Fsp3) is 0.0833. The van der Waals surface area contributed by atoms with Gasteiger partial charge in [-0.3, -0.25) is 4.79 Å². The van der Waals surface area contributed by atoms with E-state index >= 15 is 0 Å². The van der Waals surface area contributed by atoms with Gasteiger partial charge in [0.2, 0.25) is 0 Å². The molecular formula is C24H17Cl2NO4. The zero-order valence-corrected chi connectivity index (χ0v) is 18.0. The van der Waals surface area contributed by atoms with Crippen LogP contribution in [0.5, 0.6) is 5.75 Å². The molecule has 0 aliphatic heterocycles. The van der Waals surface area contributed by atoms with E-state index in [4.69, 9.17) is 32.4 Å². The SMILES string of the molecule is Cc1c(OCC(=O)Nc2ccc(Cl)c(Cl)c2)ccc2c(-c3ccccc3)cc(=O)oc12. The Hall–Kier alpha value is -3.28. The minimum absolute atomic E-state index is 0.227. The van der Waals surface area contributed by atoms with E-state index in [2.05, 4.69) is 5.32 Å². The van der Waals surface area contributed by atoms with Gasteiger partial charge in [0.1, 0.15) is 11.3 Å². The van der Waals surface area contributed by atoms with Crippen LogP contribution >= 0.6 is 23.2 Å². The lowest BCUT2D eigenvalue weighted by Gasteiger charge is -2.13. The van der Waals surface area contributed by atoms with Crippen LogP contribution in [0.25, 0.3) is 22.1 Å². The number of nitrogens with one attached hydrogen (secondary N) is 1. The van der Waals surface area contributed by atoms with Crippen LogP contribution in [0.4, 0.5) is 5.69 Å². The molecular weight excluding hydrogens is 437 g/mol. The molecule has 0 bridgehead atoms. The Labute approximate surface area is 188 Å². The molecule has 0 atom stereocenters. The lowest BCUT2D eigenvalue weighted by molar-refractivity contribution is -0.118. The van der Waals surface area contributed by atoms with E-state index in [0.29, 0.717) is 32.6 Å². The van der Waals surface area contributed by atoms with Crippen molar-refractivity contribution in [2.75, 3.05) is 11.9 Å². The molecule has 3 aromatic carbocycles. The van der Waals surface area contributed by atoms with Crippen LogP contribution in [0.1, 0.15) is 5.56 Å². The number of hydrogen-bond donors (Lipinski definition) is 1. The molecule has 1 aromatic heterocycles. The molecule has 5 nitrogen and oxygen atoms in total. The molecule has 0 aliphatic rings. The van der Waals surface area contributed by atoms with E-state index in [1.807, 2.05) is 36.4 Å². The third-order valence-corrected chi connectivity index (χ3v) is 5.50. The first kappa shape index (κ1) is 21.0. The van der Waals surface area contributed by atoms with Crippen molar-refractivity contribution in [3.8, 4) is 16.9 Å². The average molecular weight is 454 g/mol. The topological polar surface area (TPSA) is 68.5 Å². The van der Waals surface area contributed by atoms with Crippen molar-refractivity contribution in [3.05, 3.63) is 92.8 Å². The van der Waals surface area contributed by atoms with Crippen molar-refractivity contribution >= 4 is 45.8 Å². The second kappa shape index (κ2) is 8.84. The van der Waals surface area contributed by atoms with E-state index in [1.165, 1.54) is 6.07 Å². The molecule has 7 heteroatoms. The van der Waals surface area contributed by atoms with Crippen LogP contribution in [0, 0.1) is 6.92 Å². The fourth-order valence-electron chi connectivity index (χ4n) is 3.27. The first-order valence-corrected chi connectivity index (χ1v) is 10.2. The molecule has 4 rings (SSSR count). The highest BCUT2D eigenvalue weighted by Gasteiger charge is 2.14. The summed E-state index contributed by atoms with van der Waals surface area (Å²) in [4.78, 5) is 24.4. The number of hydrogen-bond acceptors (Lipinski definition) is 4. The summed E-state index contributed by atoms with van der Waals surface area (Å²) in [6.07, 6.45) is 0. The summed E-state index contributed by atoms with van der Waals surface area (Å²) < 4.78 is 11.1. The van der Waals surface area contributed by atoms with E-state index in [0.717, 1.165) is 16.5 Å². The number of ether oxygens (including phenoxy) is 1. The maximum atomic E-state index is 12.3. The second-order valence-corrected chi connectivity index (χ2v) is 7.69. The van der Waals surface area contributed by atoms with Gasteiger partial charge in [0.25, 0.3) is 5.91 Å². The molecule has 156 valence electrons. The maximum absolute atomic E-state index is 12.3. The Morgan fingerprint density at radius 1 is 1.00 bits per heavy atom. The van der Waals surface area contributed by atoms with Gasteiger partial charge in [-0.15, -0.1) is 0 Å². The zero-order chi connectivity index (χ0) is 22.0. The first-order valence-electron chi connectivity index (χ1n) is 9.43. The molecule has 31 heavy (non-hydrogen) atoms. The molecule has 0 unspecified atom stereocenters. The summed E-state index contributed by atoms with van der Waals surface area (Å²) in [5.41, 5.74) is 2.80. The highest BCUT2D eigenvalue weighted by Crippen LogP contribution is 2.33. The number of carbonyl (C=O) groups is 1. The predicted molar refractivity (Wildman–Crippen MR) is 123 cm³/mol. The molecule has 0 aliphatic carbocycles. The van der Waals surface area contributed by atoms with Crippen LogP contribution in [0.15, 0.2) is 75.9 Å². The molecule has 1 N–H and O–H groups in total. The number of fused-ring (bicyclic) bond motifs is 1. The van der Waals surface area contributed by atoms with Gasteiger partial charge in [0, 0.05) is 22.7 Å². The quantitative estimate of drug-likeness (QED) is 0.371. The Balaban J connectivity index is 1.57. The third-order valence-electron chi connectivity index (χ3n) is 4.76. The molecule has 1 heterocycles. The Morgan fingerprint density at radius 2 is 1.77 bits per heavy atom. The molecule has 1 amide bonds. The van der Waals surface area contributed by atoms with Gasteiger partial charge in [-0.25, -0.2) is 4.79 Å². The van der Waals surface area contributed by atoms with Gasteiger partial charge < -0.3 is 14.5 Å². The lowest BCUT2D eigenvalue weighted by atomic mass is 10.0. The summed E-state index contributed by atoms with van der Waals surface area (Å²) in [5, 5.41) is 4.23. The van der Waals surface area contributed by atoms with Crippen LogP contribution in [0.3, 0.4) is 0 Å². The van der Waals surface area contributed by atoms with Crippen LogP contribution in [-0.2, 0) is 4.79 Å².